The third kappa shape index (κ3) is 13.2. The second-order valence-electron chi connectivity index (χ2n) is 14.7. The molecule has 0 N–H and O–H groups in total. The van der Waals surface area contributed by atoms with Gasteiger partial charge in [-0.25, -0.2) is 0 Å². The summed E-state index contributed by atoms with van der Waals surface area (Å²) >= 11 is 3.61. The van der Waals surface area contributed by atoms with E-state index in [0.29, 0.717) is 0 Å². The van der Waals surface area contributed by atoms with Crippen molar-refractivity contribution in [2.75, 3.05) is 0 Å². The van der Waals surface area contributed by atoms with Crippen LogP contribution in [0.5, 0.6) is 0 Å². The van der Waals surface area contributed by atoms with E-state index < -0.39 is 0 Å². The van der Waals surface area contributed by atoms with Gasteiger partial charge < -0.3 is 19.9 Å². The van der Waals surface area contributed by atoms with E-state index in [2.05, 4.69) is 117 Å². The molecular weight excluding hydrogens is 1230 g/mol. The number of rotatable bonds is 6. The van der Waals surface area contributed by atoms with Crippen LogP contribution in [0, 0.1) is 24.3 Å². The van der Waals surface area contributed by atoms with Crippen molar-refractivity contribution >= 4 is 42.8 Å². The molecule has 12 aromatic rings. The Balaban J connectivity index is 0.000000137. The molecular formula is C60H40Ir2N4S2-4. The van der Waals surface area contributed by atoms with E-state index in [9.17, 15) is 0 Å². The molecule has 0 bridgehead atoms. The molecule has 12 rings (SSSR count). The SMILES string of the molecule is [Ir].[Ir].[c-]1ccccc1-c1cc2sc(-c3ccccc3)cc2cn1.[c-]1ccccc1-c1cc2sc(-c3ccccc3)cc2cn1.[c-]1ccccc1-c1ccccn1.[c-]1ccccc1-c1ccccn1. The zero-order chi connectivity index (χ0) is 44.6. The summed E-state index contributed by atoms with van der Waals surface area (Å²) in [6.07, 6.45) is 7.48. The molecule has 334 valence electrons. The number of nitrogens with zero attached hydrogens (tertiary/aromatic N) is 4. The molecule has 0 amide bonds. The van der Waals surface area contributed by atoms with Crippen molar-refractivity contribution in [3.05, 3.63) is 267 Å². The fourth-order valence-electron chi connectivity index (χ4n) is 6.91. The molecule has 0 aliphatic carbocycles. The van der Waals surface area contributed by atoms with Gasteiger partial charge in [-0.2, -0.15) is 0 Å². The van der Waals surface area contributed by atoms with Gasteiger partial charge >= 0.3 is 0 Å². The van der Waals surface area contributed by atoms with E-state index >= 15 is 0 Å². The maximum absolute atomic E-state index is 4.56. The van der Waals surface area contributed by atoms with Crippen LogP contribution in [-0.4, -0.2) is 19.9 Å². The topological polar surface area (TPSA) is 51.6 Å². The second-order valence-corrected chi connectivity index (χ2v) is 16.9. The fourth-order valence-corrected chi connectivity index (χ4v) is 9.06. The number of thiophene rings is 2. The largest absolute Gasteiger partial charge is 0.305 e. The van der Waals surface area contributed by atoms with Crippen LogP contribution in [0.1, 0.15) is 0 Å². The van der Waals surface area contributed by atoms with Crippen LogP contribution >= 0.6 is 22.7 Å². The first-order valence-corrected chi connectivity index (χ1v) is 23.0. The monoisotopic (exact) mass is 1270 g/mol. The fraction of sp³-hybridized carbons (Fsp3) is 0. The van der Waals surface area contributed by atoms with E-state index in [-0.39, 0.29) is 40.2 Å². The second kappa shape index (κ2) is 25.3. The van der Waals surface area contributed by atoms with E-state index in [1.165, 1.54) is 41.1 Å². The van der Waals surface area contributed by atoms with Crippen molar-refractivity contribution in [2.45, 2.75) is 0 Å². The average molecular weight is 1270 g/mol. The van der Waals surface area contributed by atoms with Gasteiger partial charge in [0, 0.05) is 94.9 Å². The van der Waals surface area contributed by atoms with Crippen LogP contribution in [0.2, 0.25) is 0 Å². The zero-order valence-corrected chi connectivity index (χ0v) is 42.8. The number of hydrogen-bond donors (Lipinski definition) is 0. The van der Waals surface area contributed by atoms with Gasteiger partial charge in [-0.1, -0.05) is 97.1 Å². The van der Waals surface area contributed by atoms with Gasteiger partial charge in [0.15, 0.2) is 0 Å². The van der Waals surface area contributed by atoms with E-state index in [4.69, 9.17) is 0 Å². The van der Waals surface area contributed by atoms with E-state index in [0.717, 1.165) is 45.0 Å². The maximum atomic E-state index is 4.56. The molecule has 0 saturated carbocycles. The quantitative estimate of drug-likeness (QED) is 0.156. The Labute approximate surface area is 432 Å². The van der Waals surface area contributed by atoms with Gasteiger partial charge in [0.2, 0.25) is 0 Å². The molecule has 8 heteroatoms. The predicted octanol–water partition coefficient (Wildman–Crippen LogP) is 16.0. The summed E-state index contributed by atoms with van der Waals surface area (Å²) in [6.45, 7) is 0. The van der Waals surface area contributed by atoms with E-state index in [1.807, 2.05) is 158 Å². The van der Waals surface area contributed by atoms with Gasteiger partial charge in [0.25, 0.3) is 0 Å². The Morgan fingerprint density at radius 2 is 0.647 bits per heavy atom. The Bertz CT molecular complexity index is 2950. The molecule has 6 aromatic heterocycles. The number of fused-ring (bicyclic) bond motifs is 2. The van der Waals surface area contributed by atoms with E-state index in [1.54, 1.807) is 35.1 Å². The van der Waals surface area contributed by atoms with Crippen LogP contribution in [0.3, 0.4) is 0 Å². The van der Waals surface area contributed by atoms with Crippen molar-refractivity contribution in [3.8, 4) is 65.9 Å². The zero-order valence-electron chi connectivity index (χ0n) is 36.4. The number of hydrogen-bond acceptors (Lipinski definition) is 6. The minimum absolute atomic E-state index is 0. The normalized spacial score (nSPS) is 10.1. The van der Waals surface area contributed by atoms with Gasteiger partial charge in [-0.05, 0) is 58.2 Å². The molecule has 6 aromatic carbocycles. The van der Waals surface area contributed by atoms with Gasteiger partial charge in [-0.3, -0.25) is 0 Å². The van der Waals surface area contributed by atoms with Crippen LogP contribution in [0.25, 0.3) is 86.1 Å². The summed E-state index contributed by atoms with van der Waals surface area (Å²) in [5.74, 6) is 0. The molecule has 0 spiro atoms. The summed E-state index contributed by atoms with van der Waals surface area (Å²) < 4.78 is 2.52. The molecule has 6 heterocycles. The Hall–Kier alpha value is -6.86. The summed E-state index contributed by atoms with van der Waals surface area (Å²) in [6, 6.07) is 85.7. The van der Waals surface area contributed by atoms with Crippen molar-refractivity contribution in [3.63, 3.8) is 0 Å². The van der Waals surface area contributed by atoms with Crippen LogP contribution < -0.4 is 0 Å². The number of benzene rings is 6. The summed E-state index contributed by atoms with van der Waals surface area (Å²) in [5.41, 5.74) is 10.6. The van der Waals surface area contributed by atoms with Crippen LogP contribution in [0.4, 0.5) is 0 Å². The van der Waals surface area contributed by atoms with Gasteiger partial charge in [-0.15, -0.1) is 166 Å². The molecule has 68 heavy (non-hydrogen) atoms. The first-order valence-electron chi connectivity index (χ1n) is 21.3. The molecule has 0 unspecified atom stereocenters. The molecule has 4 nitrogen and oxygen atoms in total. The predicted molar refractivity (Wildman–Crippen MR) is 276 cm³/mol. The van der Waals surface area contributed by atoms with Gasteiger partial charge in [0.1, 0.15) is 0 Å². The summed E-state index contributed by atoms with van der Waals surface area (Å²) in [7, 11) is 0. The Morgan fingerprint density at radius 1 is 0.309 bits per heavy atom. The van der Waals surface area contributed by atoms with Crippen molar-refractivity contribution in [1.82, 2.24) is 19.9 Å². The Morgan fingerprint density at radius 3 is 0.971 bits per heavy atom. The van der Waals surface area contributed by atoms with Crippen LogP contribution in [0.15, 0.2) is 243 Å². The van der Waals surface area contributed by atoms with Crippen molar-refractivity contribution in [1.29, 1.82) is 0 Å². The number of pyridine rings is 4. The smallest absolute Gasteiger partial charge is 0.0355 e. The summed E-state index contributed by atoms with van der Waals surface area (Å²) in [5, 5.41) is 2.39. The average Bonchev–Trinajstić information content (AvgIpc) is 4.06. The standard InChI is InChI=1S/2C19H12NS.2C11H8N.2Ir/c2*1-3-7-14(8-4-1)17-12-19-16(13-20-17)11-18(21-19)15-9-5-2-6-10-15;2*1-2-6-10(7-3-1)11-8-4-5-9-12-11;;/h2*1-7,9-13H;2*1-6,8-9H;;/q4*-1;;. The third-order valence-electron chi connectivity index (χ3n) is 10.2. The molecule has 0 aliphatic heterocycles. The Kier molecular flexibility index (Phi) is 18.3. The molecule has 0 fully saturated rings. The third-order valence-corrected chi connectivity index (χ3v) is 12.5. The van der Waals surface area contributed by atoms with Crippen molar-refractivity contribution < 1.29 is 40.2 Å². The number of aromatic nitrogens is 4. The first-order chi connectivity index (χ1) is 32.7. The molecule has 0 aliphatic rings. The molecule has 2 radical (unpaired) electrons. The molecule has 0 atom stereocenters. The van der Waals surface area contributed by atoms with Crippen molar-refractivity contribution in [2.24, 2.45) is 0 Å². The molecule has 0 saturated heterocycles. The minimum atomic E-state index is 0. The maximum Gasteiger partial charge on any atom is 0.0355 e. The van der Waals surface area contributed by atoms with Crippen LogP contribution in [-0.2, 0) is 40.2 Å². The first kappa shape index (κ1) is 49.1. The minimum Gasteiger partial charge on any atom is -0.305 e. The summed E-state index contributed by atoms with van der Waals surface area (Å²) in [4.78, 5) is 20.1. The van der Waals surface area contributed by atoms with Gasteiger partial charge in [0.05, 0.1) is 0 Å².